The lowest BCUT2D eigenvalue weighted by atomic mass is 10.2. The van der Waals surface area contributed by atoms with Gasteiger partial charge in [0.1, 0.15) is 0 Å². The molecule has 1 fully saturated rings. The predicted octanol–water partition coefficient (Wildman–Crippen LogP) is 0.236. The Morgan fingerprint density at radius 2 is 2.22 bits per heavy atom. The Morgan fingerprint density at radius 1 is 1.56 bits per heavy atom. The van der Waals surface area contributed by atoms with Crippen molar-refractivity contribution in [3.8, 4) is 0 Å². The summed E-state index contributed by atoms with van der Waals surface area (Å²) in [6.07, 6.45) is 1.47. The molecular weight excluding hydrogens is 258 g/mol. The summed E-state index contributed by atoms with van der Waals surface area (Å²) in [4.78, 5) is 11.3. The van der Waals surface area contributed by atoms with E-state index in [0.717, 1.165) is 12.8 Å². The molecule has 2 unspecified atom stereocenters. The van der Waals surface area contributed by atoms with Crippen LogP contribution in [0.1, 0.15) is 19.8 Å². The first-order chi connectivity index (χ1) is 8.36. The molecule has 18 heavy (non-hydrogen) atoms. The number of rotatable bonds is 6. The number of hydrogen-bond donors (Lipinski definition) is 0. The van der Waals surface area contributed by atoms with Gasteiger partial charge >= 0.3 is 5.97 Å². The molecule has 6 nitrogen and oxygen atoms in total. The topological polar surface area (TPSA) is 72.9 Å². The van der Waals surface area contributed by atoms with Gasteiger partial charge in [0.15, 0.2) is 0 Å². The summed E-state index contributed by atoms with van der Waals surface area (Å²) in [5, 5.41) is 0. The summed E-state index contributed by atoms with van der Waals surface area (Å²) in [6.45, 7) is 2.40. The van der Waals surface area contributed by atoms with Crippen LogP contribution in [-0.2, 0) is 24.3 Å². The van der Waals surface area contributed by atoms with E-state index in [0.29, 0.717) is 6.61 Å². The number of carbonyl (C=O) groups is 1. The van der Waals surface area contributed by atoms with Gasteiger partial charge in [-0.2, -0.15) is 0 Å². The van der Waals surface area contributed by atoms with E-state index in [1.165, 1.54) is 18.5 Å². The van der Waals surface area contributed by atoms with E-state index in [9.17, 15) is 13.2 Å². The minimum atomic E-state index is -3.38. The molecule has 1 saturated heterocycles. The van der Waals surface area contributed by atoms with Crippen molar-refractivity contribution in [2.24, 2.45) is 5.92 Å². The third kappa shape index (κ3) is 4.22. The highest BCUT2D eigenvalue weighted by Crippen LogP contribution is 2.16. The number of nitrogens with zero attached hydrogens (tertiary/aromatic N) is 1. The highest BCUT2D eigenvalue weighted by molar-refractivity contribution is 7.89. The first-order valence-electron chi connectivity index (χ1n) is 6.00. The lowest BCUT2D eigenvalue weighted by Gasteiger charge is -2.21. The van der Waals surface area contributed by atoms with Crippen LogP contribution in [0.3, 0.4) is 0 Å². The van der Waals surface area contributed by atoms with Gasteiger partial charge in [0.25, 0.3) is 0 Å². The second-order valence-corrected chi connectivity index (χ2v) is 6.74. The van der Waals surface area contributed by atoms with Crippen LogP contribution < -0.4 is 0 Å². The highest BCUT2D eigenvalue weighted by Gasteiger charge is 2.28. The molecule has 2 atom stereocenters. The average molecular weight is 279 g/mol. The van der Waals surface area contributed by atoms with Gasteiger partial charge < -0.3 is 9.47 Å². The lowest BCUT2D eigenvalue weighted by Crippen LogP contribution is -2.38. The molecule has 1 aliphatic heterocycles. The Hall–Kier alpha value is -0.660. The van der Waals surface area contributed by atoms with E-state index < -0.39 is 21.9 Å². The van der Waals surface area contributed by atoms with Gasteiger partial charge in [-0.05, 0) is 12.8 Å². The van der Waals surface area contributed by atoms with E-state index in [-0.39, 0.29) is 18.4 Å². The molecule has 106 valence electrons. The molecule has 1 rings (SSSR count). The van der Waals surface area contributed by atoms with Crippen LogP contribution in [0.15, 0.2) is 0 Å². The smallest absolute Gasteiger partial charge is 0.309 e. The van der Waals surface area contributed by atoms with Gasteiger partial charge in [-0.1, -0.05) is 6.92 Å². The number of esters is 1. The van der Waals surface area contributed by atoms with Crippen LogP contribution >= 0.6 is 0 Å². The number of ether oxygens (including phenoxy) is 2. The SMILES string of the molecule is COC(=O)C(C)CN(C)S(=O)(=O)CC1CCCO1. The monoisotopic (exact) mass is 279 g/mol. The zero-order chi connectivity index (χ0) is 13.8. The predicted molar refractivity (Wildman–Crippen MR) is 66.6 cm³/mol. The zero-order valence-corrected chi connectivity index (χ0v) is 11.9. The Labute approximate surface area is 108 Å². The van der Waals surface area contributed by atoms with Crippen LogP contribution in [-0.4, -0.2) is 57.9 Å². The molecule has 0 amide bonds. The maximum Gasteiger partial charge on any atom is 0.309 e. The molecule has 0 saturated carbocycles. The average Bonchev–Trinajstić information content (AvgIpc) is 2.79. The van der Waals surface area contributed by atoms with Crippen molar-refractivity contribution < 1.29 is 22.7 Å². The van der Waals surface area contributed by atoms with Crippen LogP contribution in [0, 0.1) is 5.92 Å². The van der Waals surface area contributed by atoms with Crippen molar-refractivity contribution in [1.29, 1.82) is 0 Å². The molecule has 0 aromatic heterocycles. The van der Waals surface area contributed by atoms with Crippen LogP contribution in [0.5, 0.6) is 0 Å². The summed E-state index contributed by atoms with van der Waals surface area (Å²) in [5.41, 5.74) is 0. The normalized spacial score (nSPS) is 22.1. The summed E-state index contributed by atoms with van der Waals surface area (Å²) in [7, 11) is -0.613. The molecule has 0 bridgehead atoms. The third-order valence-corrected chi connectivity index (χ3v) is 4.92. The second-order valence-electron chi connectivity index (χ2n) is 4.62. The highest BCUT2D eigenvalue weighted by atomic mass is 32.2. The van der Waals surface area contributed by atoms with E-state index in [1.54, 1.807) is 6.92 Å². The maximum atomic E-state index is 12.0. The van der Waals surface area contributed by atoms with E-state index in [1.807, 2.05) is 0 Å². The second kappa shape index (κ2) is 6.49. The van der Waals surface area contributed by atoms with Crippen molar-refractivity contribution in [2.75, 3.05) is 33.1 Å². The fourth-order valence-electron chi connectivity index (χ4n) is 1.91. The number of methoxy groups -OCH3 is 1. The van der Waals surface area contributed by atoms with Gasteiger partial charge in [-0.15, -0.1) is 0 Å². The molecular formula is C11H21NO5S. The fourth-order valence-corrected chi connectivity index (χ4v) is 3.35. The molecule has 7 heteroatoms. The first kappa shape index (κ1) is 15.4. The van der Waals surface area contributed by atoms with Crippen molar-refractivity contribution in [1.82, 2.24) is 4.31 Å². The van der Waals surface area contributed by atoms with Crippen LogP contribution in [0.2, 0.25) is 0 Å². The Balaban J connectivity index is 2.53. The van der Waals surface area contributed by atoms with Crippen LogP contribution in [0.25, 0.3) is 0 Å². The molecule has 0 aromatic carbocycles. The van der Waals surface area contributed by atoms with Crippen molar-refractivity contribution in [3.05, 3.63) is 0 Å². The quantitative estimate of drug-likeness (QED) is 0.651. The first-order valence-corrected chi connectivity index (χ1v) is 7.61. The van der Waals surface area contributed by atoms with Gasteiger partial charge in [-0.3, -0.25) is 4.79 Å². The van der Waals surface area contributed by atoms with Crippen LogP contribution in [0.4, 0.5) is 0 Å². The largest absolute Gasteiger partial charge is 0.469 e. The van der Waals surface area contributed by atoms with Gasteiger partial charge in [-0.25, -0.2) is 12.7 Å². The fraction of sp³-hybridized carbons (Fsp3) is 0.909. The van der Waals surface area contributed by atoms with E-state index >= 15 is 0 Å². The summed E-state index contributed by atoms with van der Waals surface area (Å²) in [6, 6.07) is 0. The zero-order valence-electron chi connectivity index (χ0n) is 11.1. The van der Waals surface area contributed by atoms with Crippen molar-refractivity contribution in [2.45, 2.75) is 25.9 Å². The minimum absolute atomic E-state index is 0.0165. The molecule has 0 radical (unpaired) electrons. The van der Waals surface area contributed by atoms with E-state index in [2.05, 4.69) is 4.74 Å². The molecule has 0 spiro atoms. The Morgan fingerprint density at radius 3 is 2.72 bits per heavy atom. The molecule has 0 N–H and O–H groups in total. The van der Waals surface area contributed by atoms with Crippen molar-refractivity contribution in [3.63, 3.8) is 0 Å². The molecule has 1 aliphatic rings. The number of sulfonamides is 1. The summed E-state index contributed by atoms with van der Waals surface area (Å²) < 4.78 is 35.1. The standard InChI is InChI=1S/C11H21NO5S/c1-9(11(13)16-3)7-12(2)18(14,15)8-10-5-4-6-17-10/h9-10H,4-8H2,1-3H3. The Bertz CT molecular complexity index is 375. The number of carbonyl (C=O) groups excluding carboxylic acids is 1. The lowest BCUT2D eigenvalue weighted by molar-refractivity contribution is -0.144. The summed E-state index contributed by atoms with van der Waals surface area (Å²) in [5.74, 6) is -0.898. The van der Waals surface area contributed by atoms with Crippen molar-refractivity contribution >= 4 is 16.0 Å². The third-order valence-electron chi connectivity index (χ3n) is 3.03. The molecule has 1 heterocycles. The van der Waals surface area contributed by atoms with Gasteiger partial charge in [0.2, 0.25) is 10.0 Å². The molecule has 0 aliphatic carbocycles. The van der Waals surface area contributed by atoms with Gasteiger partial charge in [0, 0.05) is 20.2 Å². The molecule has 0 aromatic rings. The van der Waals surface area contributed by atoms with E-state index in [4.69, 9.17) is 4.74 Å². The maximum absolute atomic E-state index is 12.0. The minimum Gasteiger partial charge on any atom is -0.469 e. The number of hydrogen-bond acceptors (Lipinski definition) is 5. The van der Waals surface area contributed by atoms with Gasteiger partial charge in [0.05, 0.1) is 24.9 Å². The Kier molecular flexibility index (Phi) is 5.55. The summed E-state index contributed by atoms with van der Waals surface area (Å²) >= 11 is 0.